The van der Waals surface area contributed by atoms with Gasteiger partial charge in [0, 0.05) is 35.7 Å². The number of hydrogen-bond donors (Lipinski definition) is 1. The first-order valence-corrected chi connectivity index (χ1v) is 12.1. The number of benzene rings is 2. The monoisotopic (exact) mass is 527 g/mol. The molecule has 196 valence electrons. The Kier molecular flexibility index (Phi) is 8.10. The number of rotatable bonds is 8. The number of allylic oxidation sites excluding steroid dienone is 2. The Morgan fingerprint density at radius 2 is 1.59 bits per heavy atom. The van der Waals surface area contributed by atoms with Crippen molar-refractivity contribution in [3.05, 3.63) is 75.1 Å². The Morgan fingerprint density at radius 1 is 0.946 bits per heavy atom. The Morgan fingerprint density at radius 3 is 2.14 bits per heavy atom. The van der Waals surface area contributed by atoms with Crippen LogP contribution in [0.25, 0.3) is 0 Å². The third kappa shape index (κ3) is 5.04. The van der Waals surface area contributed by atoms with Gasteiger partial charge in [-0.2, -0.15) is 0 Å². The highest BCUT2D eigenvalue weighted by Crippen LogP contribution is 2.48. The Labute approximate surface area is 221 Å². The second-order valence-electron chi connectivity index (χ2n) is 8.81. The standard InChI is InChI=1S/C28H30ClNO7/c1-33-14-20-26(28(32)37-5)24(15-6-8-18(29)9-7-15)25-19(30-20)10-16(11-21(25)31)17-12-22(34-2)27(36-4)23(13-17)35-3/h6-9,12-13,16,24,30H,10-11,14H2,1-5H3. The van der Waals surface area contributed by atoms with E-state index in [1.807, 2.05) is 24.3 Å². The van der Waals surface area contributed by atoms with Crippen molar-refractivity contribution < 1.29 is 33.3 Å². The van der Waals surface area contributed by atoms with Crippen molar-refractivity contribution in [2.24, 2.45) is 0 Å². The molecule has 0 bridgehead atoms. The van der Waals surface area contributed by atoms with E-state index in [1.54, 1.807) is 40.6 Å². The topological polar surface area (TPSA) is 92.3 Å². The summed E-state index contributed by atoms with van der Waals surface area (Å²) in [5.41, 5.74) is 3.86. The number of dihydropyridines is 1. The van der Waals surface area contributed by atoms with E-state index >= 15 is 0 Å². The maximum atomic E-state index is 13.8. The molecule has 0 spiro atoms. The van der Waals surface area contributed by atoms with Crippen molar-refractivity contribution in [2.75, 3.05) is 42.2 Å². The molecule has 1 heterocycles. The van der Waals surface area contributed by atoms with Gasteiger partial charge in [0.25, 0.3) is 0 Å². The zero-order chi connectivity index (χ0) is 26.7. The number of Topliss-reactive ketones (excluding diaryl/α,β-unsaturated/α-hetero) is 1. The fraction of sp³-hybridized carbons (Fsp3) is 0.357. The van der Waals surface area contributed by atoms with E-state index in [0.717, 1.165) is 16.8 Å². The van der Waals surface area contributed by atoms with Crippen LogP contribution in [0.15, 0.2) is 58.9 Å². The quantitative estimate of drug-likeness (QED) is 0.501. The fourth-order valence-electron chi connectivity index (χ4n) is 5.12. The van der Waals surface area contributed by atoms with E-state index in [4.69, 9.17) is 35.3 Å². The number of halogens is 1. The summed E-state index contributed by atoms with van der Waals surface area (Å²) < 4.78 is 27.0. The number of nitrogens with one attached hydrogen (secondary N) is 1. The smallest absolute Gasteiger partial charge is 0.336 e. The fourth-order valence-corrected chi connectivity index (χ4v) is 5.25. The highest BCUT2D eigenvalue weighted by molar-refractivity contribution is 6.30. The average Bonchev–Trinajstić information content (AvgIpc) is 2.91. The molecule has 2 atom stereocenters. The summed E-state index contributed by atoms with van der Waals surface area (Å²) in [5.74, 6) is 0.181. The van der Waals surface area contributed by atoms with Gasteiger partial charge in [0.05, 0.1) is 46.3 Å². The first-order chi connectivity index (χ1) is 17.9. The molecular weight excluding hydrogens is 498 g/mol. The molecule has 0 fully saturated rings. The molecule has 1 N–H and O–H groups in total. The lowest BCUT2D eigenvalue weighted by Crippen LogP contribution is -2.37. The molecule has 8 nitrogen and oxygen atoms in total. The number of carbonyl (C=O) groups is 2. The number of carbonyl (C=O) groups excluding carboxylic acids is 2. The van der Waals surface area contributed by atoms with Gasteiger partial charge in [-0.1, -0.05) is 23.7 Å². The number of ether oxygens (including phenoxy) is 5. The molecule has 2 aliphatic rings. The summed E-state index contributed by atoms with van der Waals surface area (Å²) in [5, 5.41) is 3.90. The molecule has 2 unspecified atom stereocenters. The van der Waals surface area contributed by atoms with Crippen LogP contribution in [0.2, 0.25) is 5.02 Å². The first kappa shape index (κ1) is 26.6. The minimum Gasteiger partial charge on any atom is -0.493 e. The molecule has 0 radical (unpaired) electrons. The number of esters is 1. The van der Waals surface area contributed by atoms with E-state index in [0.29, 0.717) is 45.5 Å². The largest absolute Gasteiger partial charge is 0.493 e. The van der Waals surface area contributed by atoms with Crippen LogP contribution in [-0.4, -0.2) is 53.9 Å². The highest BCUT2D eigenvalue weighted by atomic mass is 35.5. The van der Waals surface area contributed by atoms with E-state index in [9.17, 15) is 9.59 Å². The summed E-state index contributed by atoms with van der Waals surface area (Å²) in [4.78, 5) is 26.8. The van der Waals surface area contributed by atoms with Crippen LogP contribution >= 0.6 is 11.6 Å². The summed E-state index contributed by atoms with van der Waals surface area (Å²) in [7, 11) is 7.54. The van der Waals surface area contributed by atoms with E-state index in [1.165, 1.54) is 7.11 Å². The van der Waals surface area contributed by atoms with Gasteiger partial charge in [-0.3, -0.25) is 4.79 Å². The van der Waals surface area contributed by atoms with Crippen LogP contribution in [-0.2, 0) is 19.1 Å². The van der Waals surface area contributed by atoms with Crippen LogP contribution in [0.1, 0.15) is 35.8 Å². The second-order valence-corrected chi connectivity index (χ2v) is 9.24. The van der Waals surface area contributed by atoms with Crippen LogP contribution in [0, 0.1) is 0 Å². The van der Waals surface area contributed by atoms with Crippen molar-refractivity contribution in [2.45, 2.75) is 24.7 Å². The van der Waals surface area contributed by atoms with Gasteiger partial charge in [0.2, 0.25) is 5.75 Å². The molecule has 2 aromatic carbocycles. The van der Waals surface area contributed by atoms with Crippen molar-refractivity contribution >= 4 is 23.4 Å². The van der Waals surface area contributed by atoms with Crippen LogP contribution in [0.4, 0.5) is 0 Å². The summed E-state index contributed by atoms with van der Waals surface area (Å²) >= 11 is 6.13. The van der Waals surface area contributed by atoms with Crippen LogP contribution in [0.3, 0.4) is 0 Å². The molecule has 1 aliphatic carbocycles. The molecule has 0 saturated heterocycles. The van der Waals surface area contributed by atoms with Gasteiger partial charge >= 0.3 is 5.97 Å². The lowest BCUT2D eigenvalue weighted by atomic mass is 9.71. The predicted octanol–water partition coefficient (Wildman–Crippen LogP) is 4.53. The molecule has 9 heteroatoms. The molecule has 0 aromatic heterocycles. The van der Waals surface area contributed by atoms with Crippen molar-refractivity contribution in [1.82, 2.24) is 5.32 Å². The Balaban J connectivity index is 1.83. The van der Waals surface area contributed by atoms with Gasteiger partial charge in [0.15, 0.2) is 17.3 Å². The molecular formula is C28H30ClNO7. The van der Waals surface area contributed by atoms with Gasteiger partial charge in [-0.25, -0.2) is 4.79 Å². The summed E-state index contributed by atoms with van der Waals surface area (Å²) in [6, 6.07) is 10.9. The minimum absolute atomic E-state index is 0.0645. The molecule has 2 aromatic rings. The molecule has 37 heavy (non-hydrogen) atoms. The molecule has 0 saturated carbocycles. The van der Waals surface area contributed by atoms with Crippen LogP contribution in [0.5, 0.6) is 17.2 Å². The highest BCUT2D eigenvalue weighted by Gasteiger charge is 2.42. The number of hydrogen-bond acceptors (Lipinski definition) is 8. The van der Waals surface area contributed by atoms with E-state index in [-0.39, 0.29) is 24.7 Å². The maximum absolute atomic E-state index is 13.8. The SMILES string of the molecule is COCC1=C(C(=O)OC)C(c2ccc(Cl)cc2)C2=C(CC(c3cc(OC)c(OC)c(OC)c3)CC2=O)N1. The molecule has 4 rings (SSSR count). The Hall–Kier alpha value is -3.49. The van der Waals surface area contributed by atoms with Gasteiger partial charge in [-0.15, -0.1) is 0 Å². The normalized spacial score (nSPS) is 19.2. The average molecular weight is 528 g/mol. The van der Waals surface area contributed by atoms with E-state index < -0.39 is 11.9 Å². The summed E-state index contributed by atoms with van der Waals surface area (Å²) in [6.45, 7) is 0.147. The lowest BCUT2D eigenvalue weighted by Gasteiger charge is -2.37. The zero-order valence-corrected chi connectivity index (χ0v) is 22.2. The van der Waals surface area contributed by atoms with Crippen molar-refractivity contribution in [1.29, 1.82) is 0 Å². The third-order valence-electron chi connectivity index (χ3n) is 6.77. The Bertz CT molecular complexity index is 1240. The maximum Gasteiger partial charge on any atom is 0.336 e. The number of ketones is 1. The van der Waals surface area contributed by atoms with Crippen molar-refractivity contribution in [3.8, 4) is 17.2 Å². The third-order valence-corrected chi connectivity index (χ3v) is 7.02. The first-order valence-electron chi connectivity index (χ1n) is 11.8. The lowest BCUT2D eigenvalue weighted by molar-refractivity contribution is -0.136. The molecule has 0 amide bonds. The summed E-state index contributed by atoms with van der Waals surface area (Å²) in [6.07, 6.45) is 0.781. The van der Waals surface area contributed by atoms with Crippen LogP contribution < -0.4 is 19.5 Å². The van der Waals surface area contributed by atoms with Gasteiger partial charge < -0.3 is 29.0 Å². The zero-order valence-electron chi connectivity index (χ0n) is 21.5. The van der Waals surface area contributed by atoms with Crippen molar-refractivity contribution in [3.63, 3.8) is 0 Å². The van der Waals surface area contributed by atoms with Gasteiger partial charge in [0.1, 0.15) is 0 Å². The van der Waals surface area contributed by atoms with E-state index in [2.05, 4.69) is 5.32 Å². The van der Waals surface area contributed by atoms with Gasteiger partial charge in [-0.05, 0) is 47.7 Å². The predicted molar refractivity (Wildman–Crippen MR) is 138 cm³/mol. The second kappa shape index (κ2) is 11.3. The number of methoxy groups -OCH3 is 5. The molecule has 1 aliphatic heterocycles. The minimum atomic E-state index is -0.612.